The molecule has 1 amide bonds. The normalized spacial score (nSPS) is 13.4. The molecule has 0 aromatic carbocycles. The Kier molecular flexibility index (Phi) is 7.11. The molecule has 1 aromatic rings. The van der Waals surface area contributed by atoms with Crippen LogP contribution >= 0.6 is 11.6 Å². The highest BCUT2D eigenvalue weighted by Gasteiger charge is 2.26. The van der Waals surface area contributed by atoms with Crippen molar-refractivity contribution >= 4 is 23.5 Å². The van der Waals surface area contributed by atoms with Gasteiger partial charge in [0.1, 0.15) is 12.1 Å². The molecule has 2 atom stereocenters. The first-order chi connectivity index (χ1) is 10.4. The highest BCUT2D eigenvalue weighted by molar-refractivity contribution is 6.30. The monoisotopic (exact) mass is 328 g/mol. The average molecular weight is 329 g/mol. The maximum absolute atomic E-state index is 12.4. The molecule has 7 heteroatoms. The van der Waals surface area contributed by atoms with Crippen LogP contribution in [0.3, 0.4) is 0 Å². The van der Waals surface area contributed by atoms with Gasteiger partial charge in [0.2, 0.25) is 5.91 Å². The van der Waals surface area contributed by atoms with Crippen LogP contribution < -0.4 is 10.9 Å². The molecule has 0 saturated carbocycles. The third kappa shape index (κ3) is 4.87. The Labute approximate surface area is 134 Å². The molecule has 6 nitrogen and oxygen atoms in total. The molecule has 1 heterocycles. The number of carboxylic acids is 1. The van der Waals surface area contributed by atoms with Crippen molar-refractivity contribution in [3.63, 3.8) is 0 Å². The molecule has 0 radical (unpaired) electrons. The van der Waals surface area contributed by atoms with Gasteiger partial charge in [-0.05, 0) is 18.9 Å². The van der Waals surface area contributed by atoms with E-state index in [0.717, 1.165) is 0 Å². The molecule has 0 aliphatic heterocycles. The Morgan fingerprint density at radius 2 is 1.91 bits per heavy atom. The Balaban J connectivity index is 3.04. The minimum absolute atomic E-state index is 0.338. The summed E-state index contributed by atoms with van der Waals surface area (Å²) < 4.78 is 1.26. The van der Waals surface area contributed by atoms with E-state index in [2.05, 4.69) is 5.32 Å². The molecule has 0 spiro atoms. The lowest BCUT2D eigenvalue weighted by Crippen LogP contribution is -2.45. The number of nitrogens with one attached hydrogen (secondary N) is 1. The Bertz CT molecular complexity index is 585. The number of nitrogens with zero attached hydrogens (tertiary/aromatic N) is 1. The molecule has 1 rings (SSSR count). The van der Waals surface area contributed by atoms with Crippen molar-refractivity contribution in [2.75, 3.05) is 0 Å². The van der Waals surface area contributed by atoms with Gasteiger partial charge < -0.3 is 15.0 Å². The third-order valence-corrected chi connectivity index (χ3v) is 3.52. The number of hydrogen-bond acceptors (Lipinski definition) is 3. The highest BCUT2D eigenvalue weighted by Crippen LogP contribution is 2.15. The number of carbonyl (C=O) groups excluding carboxylic acids is 1. The van der Waals surface area contributed by atoms with E-state index < -0.39 is 24.0 Å². The van der Waals surface area contributed by atoms with Crippen molar-refractivity contribution in [1.29, 1.82) is 0 Å². The molecule has 0 aliphatic rings. The number of pyridine rings is 1. The first-order valence-corrected chi connectivity index (χ1v) is 7.69. The Morgan fingerprint density at radius 3 is 2.45 bits per heavy atom. The molecule has 2 unspecified atom stereocenters. The molecule has 22 heavy (non-hydrogen) atoms. The van der Waals surface area contributed by atoms with Gasteiger partial charge in [-0.25, -0.2) is 4.79 Å². The largest absolute Gasteiger partial charge is 0.480 e. The smallest absolute Gasteiger partial charge is 0.326 e. The minimum Gasteiger partial charge on any atom is -0.480 e. The topological polar surface area (TPSA) is 88.4 Å². The summed E-state index contributed by atoms with van der Waals surface area (Å²) in [5.41, 5.74) is -0.347. The third-order valence-electron chi connectivity index (χ3n) is 3.29. The van der Waals surface area contributed by atoms with Gasteiger partial charge in [-0.2, -0.15) is 0 Å². The number of aliphatic carboxylic acids is 1. The van der Waals surface area contributed by atoms with Crippen LogP contribution in [-0.4, -0.2) is 27.6 Å². The summed E-state index contributed by atoms with van der Waals surface area (Å²) in [7, 11) is 0. The molecular formula is C15H21ClN2O4. The van der Waals surface area contributed by atoms with Crippen molar-refractivity contribution in [3.05, 3.63) is 33.7 Å². The Hall–Kier alpha value is -1.82. The van der Waals surface area contributed by atoms with Gasteiger partial charge in [-0.3, -0.25) is 9.59 Å². The highest BCUT2D eigenvalue weighted by atomic mass is 35.5. The molecule has 0 bridgehead atoms. The van der Waals surface area contributed by atoms with Crippen LogP contribution in [0.2, 0.25) is 5.02 Å². The summed E-state index contributed by atoms with van der Waals surface area (Å²) in [5, 5.41) is 12.0. The van der Waals surface area contributed by atoms with Crippen LogP contribution in [0.5, 0.6) is 0 Å². The second kappa shape index (κ2) is 8.58. The minimum atomic E-state index is -1.08. The van der Waals surface area contributed by atoms with Gasteiger partial charge in [0, 0.05) is 12.3 Å². The fourth-order valence-electron chi connectivity index (χ4n) is 2.20. The fourth-order valence-corrected chi connectivity index (χ4v) is 2.37. The van der Waals surface area contributed by atoms with E-state index in [1.807, 2.05) is 13.8 Å². The van der Waals surface area contributed by atoms with Gasteiger partial charge in [0.25, 0.3) is 5.56 Å². The van der Waals surface area contributed by atoms with Crippen molar-refractivity contribution in [1.82, 2.24) is 9.88 Å². The SMILES string of the molecule is CCCC(NC(=O)C(CCC)n1cc(Cl)ccc1=O)C(=O)O. The number of halogens is 1. The zero-order valence-corrected chi connectivity index (χ0v) is 13.5. The van der Waals surface area contributed by atoms with Crippen molar-refractivity contribution in [2.24, 2.45) is 0 Å². The van der Waals surface area contributed by atoms with Crippen LogP contribution in [0.1, 0.15) is 45.6 Å². The van der Waals surface area contributed by atoms with Gasteiger partial charge in [-0.15, -0.1) is 0 Å². The van der Waals surface area contributed by atoms with E-state index in [1.165, 1.54) is 22.9 Å². The number of rotatable bonds is 8. The fraction of sp³-hybridized carbons (Fsp3) is 0.533. The van der Waals surface area contributed by atoms with Gasteiger partial charge in [-0.1, -0.05) is 38.3 Å². The van der Waals surface area contributed by atoms with E-state index in [0.29, 0.717) is 30.7 Å². The number of amides is 1. The Morgan fingerprint density at radius 1 is 1.27 bits per heavy atom. The predicted molar refractivity (Wildman–Crippen MR) is 84.1 cm³/mol. The number of aromatic nitrogens is 1. The van der Waals surface area contributed by atoms with Gasteiger partial charge in [0.05, 0.1) is 5.02 Å². The molecule has 1 aromatic heterocycles. The number of carboxylic acid groups (broad SMARTS) is 1. The lowest BCUT2D eigenvalue weighted by atomic mass is 10.1. The molecule has 2 N–H and O–H groups in total. The van der Waals surface area contributed by atoms with Crippen LogP contribution in [-0.2, 0) is 9.59 Å². The van der Waals surface area contributed by atoms with Gasteiger partial charge in [0.15, 0.2) is 0 Å². The first-order valence-electron chi connectivity index (χ1n) is 7.31. The van der Waals surface area contributed by atoms with E-state index in [4.69, 9.17) is 16.7 Å². The quantitative estimate of drug-likeness (QED) is 0.765. The molecule has 122 valence electrons. The van der Waals surface area contributed by atoms with Crippen molar-refractivity contribution in [2.45, 2.75) is 51.6 Å². The van der Waals surface area contributed by atoms with E-state index in [1.54, 1.807) is 0 Å². The standard InChI is InChI=1S/C15H21ClN2O4/c1-3-5-11(15(21)22)17-14(20)12(6-4-2)18-9-10(16)7-8-13(18)19/h7-9,11-12H,3-6H2,1-2H3,(H,17,20)(H,21,22). The number of hydrogen-bond donors (Lipinski definition) is 2. The van der Waals surface area contributed by atoms with Crippen LogP contribution in [0.4, 0.5) is 0 Å². The lowest BCUT2D eigenvalue weighted by Gasteiger charge is -2.21. The molecular weight excluding hydrogens is 308 g/mol. The molecule has 0 saturated heterocycles. The van der Waals surface area contributed by atoms with Crippen LogP contribution in [0.25, 0.3) is 0 Å². The summed E-state index contributed by atoms with van der Waals surface area (Å²) in [5.74, 6) is -1.56. The second-order valence-corrected chi connectivity index (χ2v) is 5.52. The van der Waals surface area contributed by atoms with Gasteiger partial charge >= 0.3 is 5.97 Å². The summed E-state index contributed by atoms with van der Waals surface area (Å²) in [4.78, 5) is 35.5. The zero-order chi connectivity index (χ0) is 16.7. The predicted octanol–water partition coefficient (Wildman–Crippen LogP) is 2.21. The lowest BCUT2D eigenvalue weighted by molar-refractivity contribution is -0.142. The molecule has 0 fully saturated rings. The van der Waals surface area contributed by atoms with E-state index >= 15 is 0 Å². The van der Waals surface area contributed by atoms with Crippen LogP contribution in [0.15, 0.2) is 23.1 Å². The number of carbonyl (C=O) groups is 2. The second-order valence-electron chi connectivity index (χ2n) is 5.09. The van der Waals surface area contributed by atoms with E-state index in [9.17, 15) is 14.4 Å². The van der Waals surface area contributed by atoms with Crippen molar-refractivity contribution in [3.8, 4) is 0 Å². The van der Waals surface area contributed by atoms with Crippen LogP contribution in [0, 0.1) is 0 Å². The van der Waals surface area contributed by atoms with Crippen molar-refractivity contribution < 1.29 is 14.7 Å². The maximum atomic E-state index is 12.4. The summed E-state index contributed by atoms with van der Waals surface area (Å²) in [6.07, 6.45) is 3.46. The summed E-state index contributed by atoms with van der Waals surface area (Å²) in [6, 6.07) is 1.03. The van der Waals surface area contributed by atoms with E-state index in [-0.39, 0.29) is 5.56 Å². The molecule has 0 aliphatic carbocycles. The zero-order valence-electron chi connectivity index (χ0n) is 12.7. The first kappa shape index (κ1) is 18.2. The maximum Gasteiger partial charge on any atom is 0.326 e. The summed E-state index contributed by atoms with van der Waals surface area (Å²) in [6.45, 7) is 3.73. The summed E-state index contributed by atoms with van der Waals surface area (Å²) >= 11 is 5.89. The average Bonchev–Trinajstić information content (AvgIpc) is 2.46.